The molecule has 10 heteroatoms. The van der Waals surface area contributed by atoms with Gasteiger partial charge in [-0.15, -0.1) is 5.10 Å². The molecule has 4 aromatic rings. The van der Waals surface area contributed by atoms with E-state index in [1.54, 1.807) is 18.5 Å². The van der Waals surface area contributed by atoms with Gasteiger partial charge in [0.2, 0.25) is 0 Å². The first-order chi connectivity index (χ1) is 15.3. The van der Waals surface area contributed by atoms with Gasteiger partial charge in [0.25, 0.3) is 5.91 Å². The van der Waals surface area contributed by atoms with Gasteiger partial charge in [-0.05, 0) is 31.9 Å². The van der Waals surface area contributed by atoms with Crippen LogP contribution in [-0.4, -0.2) is 36.9 Å². The molecule has 0 saturated carbocycles. The van der Waals surface area contributed by atoms with Gasteiger partial charge in [0.1, 0.15) is 11.1 Å². The number of aromatic nitrogens is 5. The van der Waals surface area contributed by atoms with Gasteiger partial charge in [0.05, 0.1) is 17.7 Å². The van der Waals surface area contributed by atoms with E-state index in [0.29, 0.717) is 34.5 Å². The first kappa shape index (κ1) is 21.9. The number of carbonyl (C=O) groups is 1. The summed E-state index contributed by atoms with van der Waals surface area (Å²) in [4.78, 5) is 17.3. The van der Waals surface area contributed by atoms with Crippen molar-refractivity contribution in [3.63, 3.8) is 0 Å². The number of rotatable bonds is 7. The summed E-state index contributed by atoms with van der Waals surface area (Å²) >= 11 is 6.60. The highest BCUT2D eigenvalue weighted by atomic mass is 35.5. The lowest BCUT2D eigenvalue weighted by molar-refractivity contribution is 0.0942. The summed E-state index contributed by atoms with van der Waals surface area (Å²) < 4.78 is 9.33. The van der Waals surface area contributed by atoms with Gasteiger partial charge in [0, 0.05) is 36.1 Å². The average Bonchev–Trinajstić information content (AvgIpc) is 3.29. The fourth-order valence-corrected chi connectivity index (χ4v) is 3.99. The highest BCUT2D eigenvalue weighted by Gasteiger charge is 2.25. The molecule has 1 unspecified atom stereocenters. The topological polar surface area (TPSA) is 112 Å². The number of benzene rings is 1. The molecule has 0 aliphatic carbocycles. The molecule has 3 heterocycles. The van der Waals surface area contributed by atoms with E-state index in [9.17, 15) is 4.79 Å². The number of halogens is 1. The number of ether oxygens (including phenoxy) is 1. The van der Waals surface area contributed by atoms with Crippen LogP contribution in [0.15, 0.2) is 30.7 Å². The molecule has 1 atom stereocenters. The SMILES string of the molecule is CCOc1c(C(C)NC(=O)c2c(N)nn3cccnc23)cc(Cl)c2cn(CC(C)C)nc12. The van der Waals surface area contributed by atoms with Gasteiger partial charge in [0.15, 0.2) is 17.2 Å². The van der Waals surface area contributed by atoms with E-state index in [1.165, 1.54) is 4.52 Å². The molecule has 4 rings (SSSR count). The minimum Gasteiger partial charge on any atom is -0.491 e. The normalized spacial score (nSPS) is 12.6. The molecule has 3 aromatic heterocycles. The third-order valence-electron chi connectivity index (χ3n) is 5.08. The molecule has 0 fully saturated rings. The molecular formula is C22H26ClN7O2. The van der Waals surface area contributed by atoms with Crippen molar-refractivity contribution in [1.29, 1.82) is 0 Å². The third kappa shape index (κ3) is 3.95. The second-order valence-electron chi connectivity index (χ2n) is 8.06. The molecule has 1 amide bonds. The molecule has 0 aliphatic rings. The number of amides is 1. The molecule has 0 radical (unpaired) electrons. The van der Waals surface area contributed by atoms with Crippen molar-refractivity contribution in [2.45, 2.75) is 40.3 Å². The van der Waals surface area contributed by atoms with Crippen molar-refractivity contribution in [2.75, 3.05) is 12.3 Å². The maximum atomic E-state index is 13.1. The van der Waals surface area contributed by atoms with E-state index in [-0.39, 0.29) is 17.3 Å². The lowest BCUT2D eigenvalue weighted by Gasteiger charge is -2.19. The molecule has 168 valence electrons. The fourth-order valence-electron chi connectivity index (χ4n) is 3.73. The minimum absolute atomic E-state index is 0.111. The van der Waals surface area contributed by atoms with Crippen molar-refractivity contribution >= 4 is 39.9 Å². The molecule has 32 heavy (non-hydrogen) atoms. The van der Waals surface area contributed by atoms with Crippen LogP contribution in [-0.2, 0) is 6.54 Å². The average molecular weight is 456 g/mol. The van der Waals surface area contributed by atoms with Gasteiger partial charge >= 0.3 is 0 Å². The standard InChI is InChI=1S/C22H26ClN7O2/c1-5-32-19-14(9-16(23)15-11-29(10-12(2)3)27-18(15)19)13(4)26-22(31)17-20(24)28-30-8-6-7-25-21(17)30/h6-9,11-13H,5,10H2,1-4H3,(H2,24,28)(H,26,31). The van der Waals surface area contributed by atoms with Gasteiger partial charge in [-0.25, -0.2) is 9.50 Å². The number of hydrogen-bond acceptors (Lipinski definition) is 6. The Labute approximate surface area is 190 Å². The zero-order chi connectivity index (χ0) is 23.0. The Morgan fingerprint density at radius 1 is 1.31 bits per heavy atom. The summed E-state index contributed by atoms with van der Waals surface area (Å²) in [6, 6.07) is 3.10. The van der Waals surface area contributed by atoms with Crippen LogP contribution in [0.2, 0.25) is 5.02 Å². The number of nitrogens with zero attached hydrogens (tertiary/aromatic N) is 5. The molecule has 1 aromatic carbocycles. The Kier molecular flexibility index (Phi) is 5.92. The van der Waals surface area contributed by atoms with Gasteiger partial charge < -0.3 is 15.8 Å². The molecule has 0 saturated heterocycles. The van der Waals surface area contributed by atoms with Crippen LogP contribution in [0.1, 0.15) is 49.7 Å². The largest absolute Gasteiger partial charge is 0.491 e. The summed E-state index contributed by atoms with van der Waals surface area (Å²) in [5.41, 5.74) is 8.02. The second-order valence-corrected chi connectivity index (χ2v) is 8.47. The lowest BCUT2D eigenvalue weighted by atomic mass is 10.0. The van der Waals surface area contributed by atoms with Crippen molar-refractivity contribution in [3.8, 4) is 5.75 Å². The second kappa shape index (κ2) is 8.66. The predicted octanol–water partition coefficient (Wildman–Crippen LogP) is 3.86. The van der Waals surface area contributed by atoms with Crippen LogP contribution in [0.5, 0.6) is 5.75 Å². The predicted molar refractivity (Wildman–Crippen MR) is 124 cm³/mol. The molecule has 0 bridgehead atoms. The van der Waals surface area contributed by atoms with Crippen LogP contribution in [0.25, 0.3) is 16.6 Å². The summed E-state index contributed by atoms with van der Waals surface area (Å²) in [5.74, 6) is 0.765. The maximum Gasteiger partial charge on any atom is 0.259 e. The number of carbonyl (C=O) groups excluding carboxylic acids is 1. The Balaban J connectivity index is 1.72. The van der Waals surface area contributed by atoms with E-state index >= 15 is 0 Å². The fraction of sp³-hybridized carbons (Fsp3) is 0.364. The van der Waals surface area contributed by atoms with Gasteiger partial charge in [-0.3, -0.25) is 9.48 Å². The zero-order valence-electron chi connectivity index (χ0n) is 18.5. The van der Waals surface area contributed by atoms with E-state index in [4.69, 9.17) is 27.2 Å². The Morgan fingerprint density at radius 2 is 2.09 bits per heavy atom. The quantitative estimate of drug-likeness (QED) is 0.437. The number of hydrogen-bond donors (Lipinski definition) is 2. The van der Waals surface area contributed by atoms with E-state index in [0.717, 1.165) is 17.5 Å². The Hall–Kier alpha value is -3.33. The third-order valence-corrected chi connectivity index (χ3v) is 5.40. The lowest BCUT2D eigenvalue weighted by Crippen LogP contribution is -2.27. The van der Waals surface area contributed by atoms with Crippen LogP contribution in [0, 0.1) is 5.92 Å². The maximum absolute atomic E-state index is 13.1. The molecule has 9 nitrogen and oxygen atoms in total. The number of anilines is 1. The summed E-state index contributed by atoms with van der Waals surface area (Å²) in [5, 5.41) is 13.2. The monoisotopic (exact) mass is 455 g/mol. The number of nitrogen functional groups attached to an aromatic ring is 1. The van der Waals surface area contributed by atoms with Gasteiger partial charge in [-0.2, -0.15) is 5.10 Å². The molecule has 0 spiro atoms. The van der Waals surface area contributed by atoms with E-state index in [1.807, 2.05) is 30.8 Å². The number of fused-ring (bicyclic) bond motifs is 2. The number of nitrogens with two attached hydrogens (primary N) is 1. The van der Waals surface area contributed by atoms with Crippen LogP contribution in [0.4, 0.5) is 5.82 Å². The molecule has 3 N–H and O–H groups in total. The summed E-state index contributed by atoms with van der Waals surface area (Å²) in [6.07, 6.45) is 5.21. The van der Waals surface area contributed by atoms with E-state index in [2.05, 4.69) is 29.2 Å². The molecular weight excluding hydrogens is 430 g/mol. The van der Waals surface area contributed by atoms with Crippen molar-refractivity contribution in [2.24, 2.45) is 5.92 Å². The summed E-state index contributed by atoms with van der Waals surface area (Å²) in [7, 11) is 0. The highest BCUT2D eigenvalue weighted by molar-refractivity contribution is 6.35. The smallest absolute Gasteiger partial charge is 0.259 e. The molecule has 0 aliphatic heterocycles. The van der Waals surface area contributed by atoms with Crippen LogP contribution < -0.4 is 15.8 Å². The van der Waals surface area contributed by atoms with Crippen LogP contribution in [0.3, 0.4) is 0 Å². The minimum atomic E-state index is -0.431. The Morgan fingerprint density at radius 3 is 2.81 bits per heavy atom. The van der Waals surface area contributed by atoms with Crippen LogP contribution >= 0.6 is 11.6 Å². The zero-order valence-corrected chi connectivity index (χ0v) is 19.2. The first-order valence-electron chi connectivity index (χ1n) is 10.5. The van der Waals surface area contributed by atoms with E-state index < -0.39 is 6.04 Å². The number of nitrogens with one attached hydrogen (secondary N) is 1. The van der Waals surface area contributed by atoms with Crippen molar-refractivity contribution in [1.82, 2.24) is 29.7 Å². The van der Waals surface area contributed by atoms with Crippen molar-refractivity contribution in [3.05, 3.63) is 46.9 Å². The Bertz CT molecular complexity index is 1290. The van der Waals surface area contributed by atoms with Gasteiger partial charge in [-0.1, -0.05) is 25.4 Å². The van der Waals surface area contributed by atoms with Crippen molar-refractivity contribution < 1.29 is 9.53 Å². The first-order valence-corrected chi connectivity index (χ1v) is 10.9. The summed E-state index contributed by atoms with van der Waals surface area (Å²) in [6.45, 7) is 9.23. The highest BCUT2D eigenvalue weighted by Crippen LogP contribution is 2.38.